The summed E-state index contributed by atoms with van der Waals surface area (Å²) in [5, 5.41) is 23.0. The van der Waals surface area contributed by atoms with Gasteiger partial charge in [-0.3, -0.25) is 20.2 Å². The van der Waals surface area contributed by atoms with Crippen LogP contribution in [0.4, 0.5) is 11.4 Å². The molecule has 0 N–H and O–H groups in total. The molecule has 2 bridgehead atoms. The van der Waals surface area contributed by atoms with Crippen LogP contribution in [0.1, 0.15) is 56.3 Å². The third-order valence-electron chi connectivity index (χ3n) is 6.06. The third kappa shape index (κ3) is 2.03. The van der Waals surface area contributed by atoms with Gasteiger partial charge >= 0.3 is 0 Å². The zero-order valence-corrected chi connectivity index (χ0v) is 15.3. The fourth-order valence-electron chi connectivity index (χ4n) is 4.91. The summed E-state index contributed by atoms with van der Waals surface area (Å²) >= 11 is 0. The first kappa shape index (κ1) is 16.6. The zero-order valence-electron chi connectivity index (χ0n) is 15.3. The highest BCUT2D eigenvalue weighted by molar-refractivity contribution is 5.71. The summed E-state index contributed by atoms with van der Waals surface area (Å²) in [5.41, 5.74) is 7.58. The van der Waals surface area contributed by atoms with Crippen molar-refractivity contribution in [2.75, 3.05) is 0 Å². The molecule has 0 amide bonds. The van der Waals surface area contributed by atoms with Gasteiger partial charge in [0.05, 0.1) is 9.85 Å². The van der Waals surface area contributed by atoms with Crippen molar-refractivity contribution in [2.45, 2.75) is 25.7 Å². The molecule has 0 aromatic heterocycles. The lowest BCUT2D eigenvalue weighted by molar-refractivity contribution is -0.385. The molecule has 0 unspecified atom stereocenters. The Balaban J connectivity index is 1.87. The number of benzene rings is 3. The van der Waals surface area contributed by atoms with E-state index in [1.807, 2.05) is 30.3 Å². The first-order valence-electron chi connectivity index (χ1n) is 9.05. The highest BCUT2D eigenvalue weighted by atomic mass is 16.6. The highest BCUT2D eigenvalue weighted by Gasteiger charge is 2.43. The quantitative estimate of drug-likeness (QED) is 0.318. The second kappa shape index (κ2) is 5.48. The summed E-state index contributed by atoms with van der Waals surface area (Å²) < 4.78 is 0. The van der Waals surface area contributed by atoms with Crippen molar-refractivity contribution in [1.82, 2.24) is 0 Å². The monoisotopic (exact) mass is 372 g/mol. The number of hydrogen-bond acceptors (Lipinski definition) is 4. The van der Waals surface area contributed by atoms with Gasteiger partial charge in [-0.2, -0.15) is 0 Å². The second-order valence-corrected chi connectivity index (χ2v) is 7.54. The van der Waals surface area contributed by atoms with E-state index in [-0.39, 0.29) is 33.1 Å². The van der Waals surface area contributed by atoms with Crippen LogP contribution >= 0.6 is 0 Å². The Hall–Kier alpha value is -3.54. The highest BCUT2D eigenvalue weighted by Crippen LogP contribution is 2.57. The van der Waals surface area contributed by atoms with Gasteiger partial charge in [0, 0.05) is 35.1 Å². The Morgan fingerprint density at radius 2 is 1.00 bits per heavy atom. The zero-order chi connectivity index (χ0) is 19.7. The van der Waals surface area contributed by atoms with E-state index in [1.54, 1.807) is 26.0 Å². The third-order valence-corrected chi connectivity index (χ3v) is 6.06. The number of rotatable bonds is 2. The van der Waals surface area contributed by atoms with Gasteiger partial charge in [0.2, 0.25) is 0 Å². The molecule has 0 saturated heterocycles. The molecule has 0 atom stereocenters. The van der Waals surface area contributed by atoms with Crippen molar-refractivity contribution < 1.29 is 9.85 Å². The first-order chi connectivity index (χ1) is 13.4. The van der Waals surface area contributed by atoms with Gasteiger partial charge in [-0.25, -0.2) is 0 Å². The molecule has 0 spiro atoms. The van der Waals surface area contributed by atoms with Crippen molar-refractivity contribution in [2.24, 2.45) is 0 Å². The van der Waals surface area contributed by atoms with Gasteiger partial charge in [-0.05, 0) is 59.4 Å². The standard InChI is InChI=1S/C22H16N2O4/c1-11-7-15-17(9-19(11)23(25)26)22-14-6-4-3-5-13(14)21(15)16-8-12(2)20(24(27)28)10-18(16)22/h3-10,21-22H,1-2H3. The van der Waals surface area contributed by atoms with Gasteiger partial charge in [-0.15, -0.1) is 0 Å². The SMILES string of the molecule is Cc1cc2c(cc1[N+](=O)[O-])C1c3ccccc3C2c2cc(C)c([N+](=O)[O-])cc21. The van der Waals surface area contributed by atoms with Crippen molar-refractivity contribution in [1.29, 1.82) is 0 Å². The molecule has 0 fully saturated rings. The minimum Gasteiger partial charge on any atom is -0.258 e. The molecule has 3 aliphatic rings. The second-order valence-electron chi connectivity index (χ2n) is 7.54. The van der Waals surface area contributed by atoms with Gasteiger partial charge in [0.15, 0.2) is 0 Å². The van der Waals surface area contributed by atoms with Gasteiger partial charge < -0.3 is 0 Å². The van der Waals surface area contributed by atoms with Crippen LogP contribution in [0.3, 0.4) is 0 Å². The number of nitrogens with zero attached hydrogens (tertiary/aromatic N) is 2. The van der Waals surface area contributed by atoms with Gasteiger partial charge in [-0.1, -0.05) is 24.3 Å². The summed E-state index contributed by atoms with van der Waals surface area (Å²) in [6.07, 6.45) is 0. The van der Waals surface area contributed by atoms with Crippen molar-refractivity contribution >= 4 is 11.4 Å². The van der Waals surface area contributed by atoms with E-state index < -0.39 is 0 Å². The number of nitro benzene ring substituents is 2. The Morgan fingerprint density at radius 3 is 1.36 bits per heavy atom. The number of nitro groups is 2. The number of hydrogen-bond donors (Lipinski definition) is 0. The molecule has 3 aliphatic carbocycles. The normalized spacial score (nSPS) is 18.2. The van der Waals surface area contributed by atoms with Crippen molar-refractivity contribution in [3.8, 4) is 0 Å². The van der Waals surface area contributed by atoms with Gasteiger partial charge in [0.1, 0.15) is 0 Å². The van der Waals surface area contributed by atoms with E-state index in [2.05, 4.69) is 6.07 Å². The predicted octanol–water partition coefficient (Wildman–Crippen LogP) is 5.11. The molecule has 6 heteroatoms. The van der Waals surface area contributed by atoms with Crippen LogP contribution in [0.15, 0.2) is 48.5 Å². The molecule has 28 heavy (non-hydrogen) atoms. The lowest BCUT2D eigenvalue weighted by Gasteiger charge is -2.42. The molecule has 138 valence electrons. The maximum Gasteiger partial charge on any atom is 0.272 e. The molecule has 0 radical (unpaired) electrons. The number of aryl methyl sites for hydroxylation is 2. The first-order valence-corrected chi connectivity index (χ1v) is 9.05. The molecule has 6 nitrogen and oxygen atoms in total. The van der Waals surface area contributed by atoms with E-state index >= 15 is 0 Å². The Bertz CT molecular complexity index is 1140. The van der Waals surface area contributed by atoms with Crippen LogP contribution in [-0.4, -0.2) is 9.85 Å². The Labute approximate surface area is 160 Å². The van der Waals surface area contributed by atoms with E-state index in [9.17, 15) is 20.2 Å². The van der Waals surface area contributed by atoms with E-state index in [0.29, 0.717) is 11.1 Å². The van der Waals surface area contributed by atoms with Crippen LogP contribution in [0.2, 0.25) is 0 Å². The topological polar surface area (TPSA) is 86.3 Å². The summed E-state index contributed by atoms with van der Waals surface area (Å²) in [7, 11) is 0. The largest absolute Gasteiger partial charge is 0.272 e. The van der Waals surface area contributed by atoms with Gasteiger partial charge in [0.25, 0.3) is 11.4 Å². The predicted molar refractivity (Wildman–Crippen MR) is 104 cm³/mol. The van der Waals surface area contributed by atoms with Crippen LogP contribution in [0, 0.1) is 34.1 Å². The average Bonchev–Trinajstić information content (AvgIpc) is 2.66. The molecule has 3 aromatic carbocycles. The fourth-order valence-corrected chi connectivity index (χ4v) is 4.91. The Kier molecular flexibility index (Phi) is 3.25. The van der Waals surface area contributed by atoms with E-state index in [4.69, 9.17) is 0 Å². The smallest absolute Gasteiger partial charge is 0.258 e. The molecule has 0 aliphatic heterocycles. The van der Waals surface area contributed by atoms with Crippen LogP contribution in [0.25, 0.3) is 0 Å². The van der Waals surface area contributed by atoms with Crippen molar-refractivity contribution in [3.63, 3.8) is 0 Å². The van der Waals surface area contributed by atoms with Crippen molar-refractivity contribution in [3.05, 3.63) is 113 Å². The minimum absolute atomic E-state index is 0.0646. The fraction of sp³-hybridized carbons (Fsp3) is 0.182. The van der Waals surface area contributed by atoms with Crippen LogP contribution < -0.4 is 0 Å². The molecule has 0 saturated carbocycles. The summed E-state index contributed by atoms with van der Waals surface area (Å²) in [5.74, 6) is -0.296. The molecule has 0 heterocycles. The Morgan fingerprint density at radius 1 is 0.643 bits per heavy atom. The molecular weight excluding hydrogens is 356 g/mol. The maximum atomic E-state index is 11.5. The lowest BCUT2D eigenvalue weighted by Crippen LogP contribution is -2.28. The minimum atomic E-state index is -0.359. The molecule has 6 rings (SSSR count). The van der Waals surface area contributed by atoms with E-state index in [1.165, 1.54) is 5.56 Å². The molecular formula is C22H16N2O4. The van der Waals surface area contributed by atoms with Crippen LogP contribution in [-0.2, 0) is 0 Å². The summed E-state index contributed by atoms with van der Waals surface area (Å²) in [6.45, 7) is 3.52. The van der Waals surface area contributed by atoms with Crippen LogP contribution in [0.5, 0.6) is 0 Å². The molecule has 3 aromatic rings. The summed E-state index contributed by atoms with van der Waals surface area (Å²) in [4.78, 5) is 22.3. The maximum absolute atomic E-state index is 11.5. The van der Waals surface area contributed by atoms with E-state index in [0.717, 1.165) is 27.8 Å². The average molecular weight is 372 g/mol. The summed E-state index contributed by atoms with van der Waals surface area (Å²) in [6, 6.07) is 15.2. The lowest BCUT2D eigenvalue weighted by atomic mass is 9.60.